The highest BCUT2D eigenvalue weighted by molar-refractivity contribution is 5.99. The third kappa shape index (κ3) is 3.33. The quantitative estimate of drug-likeness (QED) is 0.680. The zero-order valence-electron chi connectivity index (χ0n) is 16.0. The van der Waals surface area contributed by atoms with Crippen LogP contribution in [0.25, 0.3) is 5.65 Å². The number of amides is 1. The Morgan fingerprint density at radius 2 is 2.24 bits per heavy atom. The van der Waals surface area contributed by atoms with Crippen molar-refractivity contribution in [3.05, 3.63) is 53.1 Å². The number of nitrogens with zero attached hydrogens (tertiary/aromatic N) is 5. The summed E-state index contributed by atoms with van der Waals surface area (Å²) in [5.74, 6) is 0.0875. The zero-order chi connectivity index (χ0) is 20.5. The highest BCUT2D eigenvalue weighted by Gasteiger charge is 2.22. The van der Waals surface area contributed by atoms with Gasteiger partial charge in [-0.05, 0) is 32.0 Å². The van der Waals surface area contributed by atoms with Gasteiger partial charge in [-0.3, -0.25) is 4.79 Å². The highest BCUT2D eigenvalue weighted by Crippen LogP contribution is 2.29. The molecule has 0 unspecified atom stereocenters. The van der Waals surface area contributed by atoms with Crippen molar-refractivity contribution in [1.29, 1.82) is 5.26 Å². The Morgan fingerprint density at radius 1 is 1.41 bits per heavy atom. The molecule has 9 heteroatoms. The Bertz CT molecular complexity index is 1140. The molecule has 0 saturated heterocycles. The summed E-state index contributed by atoms with van der Waals surface area (Å²) in [4.78, 5) is 19.1. The standard InChI is InChI=1S/C20H19FN6O2/c1-3-26-11-15-13(8-22)16(21)4-5-17(15)29-12(2)9-23-20(28)14-10-24-27-7-6-18(26)25-19(14)27/h4-7,10,12H,3,9,11H2,1-2H3,(H,23,28)/t12-/m1/s1. The number of rotatable bonds is 1. The van der Waals surface area contributed by atoms with E-state index in [1.807, 2.05) is 17.9 Å². The molecule has 2 bridgehead atoms. The Morgan fingerprint density at radius 3 is 3.00 bits per heavy atom. The number of aromatic nitrogens is 3. The van der Waals surface area contributed by atoms with Crippen LogP contribution < -0.4 is 15.0 Å². The molecule has 3 heterocycles. The molecule has 3 aromatic rings. The molecule has 1 atom stereocenters. The van der Waals surface area contributed by atoms with Crippen molar-refractivity contribution < 1.29 is 13.9 Å². The Balaban J connectivity index is 1.90. The molecule has 1 aliphatic heterocycles. The number of nitriles is 1. The Labute approximate surface area is 166 Å². The number of anilines is 1. The van der Waals surface area contributed by atoms with Gasteiger partial charge in [-0.2, -0.15) is 10.4 Å². The molecule has 29 heavy (non-hydrogen) atoms. The molecule has 1 aromatic carbocycles. The lowest BCUT2D eigenvalue weighted by atomic mass is 10.1. The van der Waals surface area contributed by atoms with Crippen molar-refractivity contribution >= 4 is 17.4 Å². The Hall–Kier alpha value is -3.67. The topological polar surface area (TPSA) is 95.6 Å². The van der Waals surface area contributed by atoms with Crippen LogP contribution in [0.2, 0.25) is 0 Å². The van der Waals surface area contributed by atoms with E-state index in [2.05, 4.69) is 15.4 Å². The van der Waals surface area contributed by atoms with E-state index in [0.717, 1.165) is 0 Å². The second kappa shape index (κ2) is 7.39. The summed E-state index contributed by atoms with van der Waals surface area (Å²) in [5, 5.41) is 16.5. The number of ether oxygens (including phenoxy) is 1. The summed E-state index contributed by atoms with van der Waals surface area (Å²) in [5.41, 5.74) is 1.17. The maximum atomic E-state index is 14.3. The van der Waals surface area contributed by atoms with Crippen LogP contribution in [0.3, 0.4) is 0 Å². The van der Waals surface area contributed by atoms with Crippen LogP contribution in [0, 0.1) is 17.1 Å². The van der Waals surface area contributed by atoms with Gasteiger partial charge in [-0.25, -0.2) is 13.9 Å². The lowest BCUT2D eigenvalue weighted by Crippen LogP contribution is -2.33. The van der Waals surface area contributed by atoms with Crippen molar-refractivity contribution in [2.24, 2.45) is 0 Å². The second-order valence-electron chi connectivity index (χ2n) is 6.78. The molecule has 1 amide bonds. The first-order valence-electron chi connectivity index (χ1n) is 9.27. The van der Waals surface area contributed by atoms with Gasteiger partial charge in [0.2, 0.25) is 0 Å². The molecule has 0 spiro atoms. The van der Waals surface area contributed by atoms with Crippen LogP contribution in [-0.2, 0) is 6.54 Å². The van der Waals surface area contributed by atoms with E-state index in [4.69, 9.17) is 4.74 Å². The van der Waals surface area contributed by atoms with Gasteiger partial charge in [0.1, 0.15) is 35.1 Å². The molecular weight excluding hydrogens is 375 g/mol. The third-order valence-corrected chi connectivity index (χ3v) is 4.86. The van der Waals surface area contributed by atoms with E-state index in [0.29, 0.717) is 34.9 Å². The van der Waals surface area contributed by atoms with E-state index in [1.165, 1.54) is 22.8 Å². The number of carbonyl (C=O) groups is 1. The SMILES string of the molecule is CCN1Cc2c(ccc(F)c2C#N)O[C@H](C)CNC(=O)c2cnn3ccc1nc23. The number of nitrogens with one attached hydrogen (secondary N) is 1. The predicted molar refractivity (Wildman–Crippen MR) is 103 cm³/mol. The minimum atomic E-state index is -0.599. The number of hydrogen-bond donors (Lipinski definition) is 1. The van der Waals surface area contributed by atoms with E-state index in [1.54, 1.807) is 19.2 Å². The molecule has 2 aromatic heterocycles. The molecule has 148 valence electrons. The van der Waals surface area contributed by atoms with E-state index in [-0.39, 0.29) is 24.6 Å². The van der Waals surface area contributed by atoms with E-state index >= 15 is 0 Å². The van der Waals surface area contributed by atoms with Crippen molar-refractivity contribution in [2.45, 2.75) is 26.5 Å². The summed E-state index contributed by atoms with van der Waals surface area (Å²) in [6.45, 7) is 4.74. The fourth-order valence-electron chi connectivity index (χ4n) is 3.32. The smallest absolute Gasteiger partial charge is 0.256 e. The minimum Gasteiger partial charge on any atom is -0.488 e. The van der Waals surface area contributed by atoms with Gasteiger partial charge in [0.05, 0.1) is 18.3 Å². The summed E-state index contributed by atoms with van der Waals surface area (Å²) in [6.07, 6.45) is 2.79. The molecule has 0 fully saturated rings. The highest BCUT2D eigenvalue weighted by atomic mass is 19.1. The minimum absolute atomic E-state index is 0.0572. The summed E-state index contributed by atoms with van der Waals surface area (Å²) >= 11 is 0. The summed E-state index contributed by atoms with van der Waals surface area (Å²) in [6, 6.07) is 6.45. The number of carbonyl (C=O) groups excluding carboxylic acids is 1. The monoisotopic (exact) mass is 394 g/mol. The van der Waals surface area contributed by atoms with Crippen LogP contribution in [0.5, 0.6) is 5.75 Å². The number of halogens is 1. The first kappa shape index (κ1) is 18.7. The fraction of sp³-hybridized carbons (Fsp3) is 0.300. The largest absolute Gasteiger partial charge is 0.488 e. The lowest BCUT2D eigenvalue weighted by Gasteiger charge is -2.25. The lowest BCUT2D eigenvalue weighted by molar-refractivity contribution is 0.0933. The van der Waals surface area contributed by atoms with Crippen LogP contribution in [0.4, 0.5) is 10.2 Å². The predicted octanol–water partition coefficient (Wildman–Crippen LogP) is 2.28. The first-order valence-corrected chi connectivity index (χ1v) is 9.27. The maximum absolute atomic E-state index is 14.3. The van der Waals surface area contributed by atoms with E-state index < -0.39 is 11.9 Å². The maximum Gasteiger partial charge on any atom is 0.256 e. The Kier molecular flexibility index (Phi) is 4.76. The molecule has 1 N–H and O–H groups in total. The second-order valence-corrected chi connectivity index (χ2v) is 6.78. The van der Waals surface area contributed by atoms with Crippen LogP contribution >= 0.6 is 0 Å². The third-order valence-electron chi connectivity index (χ3n) is 4.86. The normalized spacial score (nSPS) is 16.8. The first-order chi connectivity index (χ1) is 14.0. The summed E-state index contributed by atoms with van der Waals surface area (Å²) in [7, 11) is 0. The van der Waals surface area contributed by atoms with Crippen molar-refractivity contribution in [3.63, 3.8) is 0 Å². The summed E-state index contributed by atoms with van der Waals surface area (Å²) < 4.78 is 21.8. The van der Waals surface area contributed by atoms with Crippen LogP contribution in [-0.4, -0.2) is 39.7 Å². The molecule has 4 rings (SSSR count). The molecule has 0 aliphatic carbocycles. The van der Waals surface area contributed by atoms with Gasteiger partial charge in [-0.1, -0.05) is 0 Å². The molecule has 1 aliphatic rings. The number of hydrogen-bond acceptors (Lipinski definition) is 6. The van der Waals surface area contributed by atoms with Crippen LogP contribution in [0.15, 0.2) is 30.6 Å². The van der Waals surface area contributed by atoms with Crippen molar-refractivity contribution in [2.75, 3.05) is 18.0 Å². The van der Waals surface area contributed by atoms with Crippen molar-refractivity contribution in [3.8, 4) is 11.8 Å². The van der Waals surface area contributed by atoms with Gasteiger partial charge in [0.25, 0.3) is 5.91 Å². The molecule has 8 nitrogen and oxygen atoms in total. The van der Waals surface area contributed by atoms with Gasteiger partial charge >= 0.3 is 0 Å². The van der Waals surface area contributed by atoms with Gasteiger partial charge in [-0.15, -0.1) is 0 Å². The van der Waals surface area contributed by atoms with Gasteiger partial charge < -0.3 is 15.0 Å². The molecule has 0 saturated carbocycles. The van der Waals surface area contributed by atoms with E-state index in [9.17, 15) is 14.4 Å². The number of fused-ring (bicyclic) bond motifs is 2. The molecule has 0 radical (unpaired) electrons. The average Bonchev–Trinajstić information content (AvgIpc) is 3.14. The number of benzene rings is 1. The van der Waals surface area contributed by atoms with Crippen LogP contribution in [0.1, 0.15) is 35.3 Å². The molecular formula is C20H19FN6O2. The average molecular weight is 394 g/mol. The fourth-order valence-corrected chi connectivity index (χ4v) is 3.32. The zero-order valence-corrected chi connectivity index (χ0v) is 16.0. The van der Waals surface area contributed by atoms with Gasteiger partial charge in [0, 0.05) is 24.8 Å². The van der Waals surface area contributed by atoms with Gasteiger partial charge in [0.15, 0.2) is 5.65 Å². The van der Waals surface area contributed by atoms with Crippen molar-refractivity contribution in [1.82, 2.24) is 19.9 Å².